The number of hydrogen-bond donors (Lipinski definition) is 0. The lowest BCUT2D eigenvalue weighted by Crippen LogP contribution is -1.76. The highest BCUT2D eigenvalue weighted by Gasteiger charge is 1.89. The third-order valence-corrected chi connectivity index (χ3v) is 5.04. The van der Waals surface area contributed by atoms with E-state index >= 15 is 0 Å². The fourth-order valence-electron chi connectivity index (χ4n) is 1.59. The van der Waals surface area contributed by atoms with Crippen molar-refractivity contribution in [3.63, 3.8) is 0 Å². The predicted octanol–water partition coefficient (Wildman–Crippen LogP) is 6.77. The first-order valence-electron chi connectivity index (χ1n) is 7.72. The molecule has 0 aliphatic carbocycles. The van der Waals surface area contributed by atoms with Crippen LogP contribution in [0.25, 0.3) is 0 Å². The zero-order valence-electron chi connectivity index (χ0n) is 13.1. The molecule has 114 valence electrons. The first-order chi connectivity index (χ1) is 10.4. The molecule has 0 heterocycles. The molecule has 21 heavy (non-hydrogen) atoms. The topological polar surface area (TPSA) is 0 Å². The maximum Gasteiger partial charge on any atom is 0.00719 e. The highest BCUT2D eigenvalue weighted by atomic mass is 32.2. The van der Waals surface area contributed by atoms with Crippen LogP contribution in [0.4, 0.5) is 0 Å². The van der Waals surface area contributed by atoms with E-state index in [1.165, 1.54) is 40.6 Å². The van der Waals surface area contributed by atoms with Crippen LogP contribution in [0.1, 0.15) is 33.1 Å². The Morgan fingerprint density at radius 3 is 1.52 bits per heavy atom. The quantitative estimate of drug-likeness (QED) is 0.408. The van der Waals surface area contributed by atoms with Crippen molar-refractivity contribution >= 4 is 23.5 Å². The van der Waals surface area contributed by atoms with Crippen LogP contribution in [0.15, 0.2) is 70.5 Å². The minimum atomic E-state index is 1.23. The molecule has 0 saturated heterocycles. The van der Waals surface area contributed by atoms with Crippen LogP contribution in [0, 0.1) is 0 Å². The van der Waals surface area contributed by atoms with Gasteiger partial charge in [0.15, 0.2) is 0 Å². The van der Waals surface area contributed by atoms with Gasteiger partial charge in [-0.1, -0.05) is 56.7 Å². The molecular weight excluding hydrogens is 292 g/mol. The standard InChI is InChI=1S/C10H14S.C9H12S/c1-2-3-9-11-10-7-5-4-6-8-10;1-2-8-10-9-6-4-3-5-7-9/h4-8H,2-3,9H2,1H3;3-7H,2,8H2,1H3. The molecule has 0 aromatic heterocycles. The molecule has 2 aromatic rings. The Kier molecular flexibility index (Phi) is 11.1. The van der Waals surface area contributed by atoms with Gasteiger partial charge in [-0.05, 0) is 48.6 Å². The van der Waals surface area contributed by atoms with Gasteiger partial charge in [0.25, 0.3) is 0 Å². The van der Waals surface area contributed by atoms with Gasteiger partial charge in [-0.15, -0.1) is 23.5 Å². The zero-order chi connectivity index (χ0) is 15.2. The first-order valence-corrected chi connectivity index (χ1v) is 9.69. The van der Waals surface area contributed by atoms with Crippen molar-refractivity contribution < 1.29 is 0 Å². The summed E-state index contributed by atoms with van der Waals surface area (Å²) in [6.45, 7) is 4.43. The van der Waals surface area contributed by atoms with E-state index in [1.807, 2.05) is 23.5 Å². The Hall–Kier alpha value is -0.860. The van der Waals surface area contributed by atoms with E-state index in [9.17, 15) is 0 Å². The fraction of sp³-hybridized carbons (Fsp3) is 0.368. The summed E-state index contributed by atoms with van der Waals surface area (Å²) >= 11 is 3.87. The van der Waals surface area contributed by atoms with Crippen LogP contribution in [-0.4, -0.2) is 11.5 Å². The summed E-state index contributed by atoms with van der Waals surface area (Å²) in [5, 5.41) is 0. The first kappa shape index (κ1) is 18.2. The Labute approximate surface area is 138 Å². The lowest BCUT2D eigenvalue weighted by Gasteiger charge is -1.98. The monoisotopic (exact) mass is 318 g/mol. The molecular formula is C19H26S2. The van der Waals surface area contributed by atoms with E-state index in [-0.39, 0.29) is 0 Å². The normalized spacial score (nSPS) is 9.81. The van der Waals surface area contributed by atoms with Crippen molar-refractivity contribution in [1.29, 1.82) is 0 Å². The third-order valence-electron chi connectivity index (χ3n) is 2.73. The number of rotatable bonds is 7. The molecule has 0 radical (unpaired) electrons. The van der Waals surface area contributed by atoms with Crippen LogP contribution in [-0.2, 0) is 0 Å². The molecule has 0 fully saturated rings. The summed E-state index contributed by atoms with van der Waals surface area (Å²) in [7, 11) is 0. The van der Waals surface area contributed by atoms with Crippen LogP contribution in [0.5, 0.6) is 0 Å². The number of hydrogen-bond acceptors (Lipinski definition) is 2. The second kappa shape index (κ2) is 12.8. The van der Waals surface area contributed by atoms with Crippen LogP contribution >= 0.6 is 23.5 Å². The minimum absolute atomic E-state index is 1.23. The van der Waals surface area contributed by atoms with Gasteiger partial charge in [-0.25, -0.2) is 0 Å². The fourth-order valence-corrected chi connectivity index (χ4v) is 3.40. The van der Waals surface area contributed by atoms with E-state index in [1.54, 1.807) is 0 Å². The molecule has 0 unspecified atom stereocenters. The highest BCUT2D eigenvalue weighted by molar-refractivity contribution is 7.99. The van der Waals surface area contributed by atoms with E-state index < -0.39 is 0 Å². The Morgan fingerprint density at radius 1 is 0.619 bits per heavy atom. The Morgan fingerprint density at radius 2 is 1.10 bits per heavy atom. The maximum absolute atomic E-state index is 2.23. The van der Waals surface area contributed by atoms with Crippen molar-refractivity contribution in [2.45, 2.75) is 42.9 Å². The molecule has 2 aromatic carbocycles. The number of benzene rings is 2. The van der Waals surface area contributed by atoms with Gasteiger partial charge < -0.3 is 0 Å². The van der Waals surface area contributed by atoms with Crippen LogP contribution in [0.2, 0.25) is 0 Å². The molecule has 0 spiro atoms. The summed E-state index contributed by atoms with van der Waals surface area (Å²) in [5.74, 6) is 2.48. The molecule has 2 rings (SSSR count). The van der Waals surface area contributed by atoms with Gasteiger partial charge in [-0.3, -0.25) is 0 Å². The molecule has 0 N–H and O–H groups in total. The Balaban J connectivity index is 0.000000211. The summed E-state index contributed by atoms with van der Waals surface area (Å²) < 4.78 is 0. The van der Waals surface area contributed by atoms with E-state index in [2.05, 4.69) is 74.5 Å². The van der Waals surface area contributed by atoms with E-state index in [0.717, 1.165) is 0 Å². The third kappa shape index (κ3) is 9.65. The van der Waals surface area contributed by atoms with Crippen molar-refractivity contribution in [3.05, 3.63) is 60.7 Å². The van der Waals surface area contributed by atoms with Crippen molar-refractivity contribution in [1.82, 2.24) is 0 Å². The molecule has 0 saturated carbocycles. The van der Waals surface area contributed by atoms with Gasteiger partial charge in [0.2, 0.25) is 0 Å². The lowest BCUT2D eigenvalue weighted by atomic mass is 10.4. The number of thioether (sulfide) groups is 2. The zero-order valence-corrected chi connectivity index (χ0v) is 14.8. The summed E-state index contributed by atoms with van der Waals surface area (Å²) in [6, 6.07) is 21.1. The average Bonchev–Trinajstić information content (AvgIpc) is 2.56. The van der Waals surface area contributed by atoms with Gasteiger partial charge in [0.05, 0.1) is 0 Å². The molecule has 0 aliphatic heterocycles. The molecule has 0 bridgehead atoms. The Bertz CT molecular complexity index is 440. The maximum atomic E-state index is 2.23. The smallest absolute Gasteiger partial charge is 0.00719 e. The van der Waals surface area contributed by atoms with Crippen molar-refractivity contribution in [2.24, 2.45) is 0 Å². The average molecular weight is 319 g/mol. The van der Waals surface area contributed by atoms with Gasteiger partial charge in [-0.2, -0.15) is 0 Å². The molecule has 2 heteroatoms. The van der Waals surface area contributed by atoms with Crippen molar-refractivity contribution in [2.75, 3.05) is 11.5 Å². The second-order valence-corrected chi connectivity index (χ2v) is 7.01. The van der Waals surface area contributed by atoms with Gasteiger partial charge in [0, 0.05) is 9.79 Å². The molecule has 0 amide bonds. The highest BCUT2D eigenvalue weighted by Crippen LogP contribution is 2.18. The minimum Gasteiger partial charge on any atom is -0.126 e. The molecule has 0 nitrogen and oxygen atoms in total. The van der Waals surface area contributed by atoms with Gasteiger partial charge >= 0.3 is 0 Å². The van der Waals surface area contributed by atoms with Gasteiger partial charge in [0.1, 0.15) is 0 Å². The van der Waals surface area contributed by atoms with Crippen LogP contribution < -0.4 is 0 Å². The summed E-state index contributed by atoms with van der Waals surface area (Å²) in [4.78, 5) is 2.77. The number of unbranched alkanes of at least 4 members (excludes halogenated alkanes) is 1. The molecule has 0 aliphatic rings. The van der Waals surface area contributed by atoms with Crippen LogP contribution in [0.3, 0.4) is 0 Å². The predicted molar refractivity (Wildman–Crippen MR) is 99.5 cm³/mol. The lowest BCUT2D eigenvalue weighted by molar-refractivity contribution is 0.896. The van der Waals surface area contributed by atoms with E-state index in [0.29, 0.717) is 0 Å². The summed E-state index contributed by atoms with van der Waals surface area (Å²) in [5.41, 5.74) is 0. The second-order valence-electron chi connectivity index (χ2n) is 4.68. The molecule has 0 atom stereocenters. The van der Waals surface area contributed by atoms with E-state index in [4.69, 9.17) is 0 Å². The summed E-state index contributed by atoms with van der Waals surface area (Å²) in [6.07, 6.45) is 3.86. The SMILES string of the molecule is CCCCSc1ccccc1.CCCSc1ccccc1. The largest absolute Gasteiger partial charge is 0.126 e. The van der Waals surface area contributed by atoms with Crippen molar-refractivity contribution in [3.8, 4) is 0 Å².